The lowest BCUT2D eigenvalue weighted by Crippen LogP contribution is -2.46. The van der Waals surface area contributed by atoms with Crippen molar-refractivity contribution in [3.63, 3.8) is 0 Å². The van der Waals surface area contributed by atoms with Crippen molar-refractivity contribution in [2.24, 2.45) is 0 Å². The summed E-state index contributed by atoms with van der Waals surface area (Å²) >= 11 is 2.15. The molecule has 1 aromatic carbocycles. The lowest BCUT2D eigenvalue weighted by Gasteiger charge is -2.32. The molecule has 2 rings (SSSR count). The Bertz CT molecular complexity index is 732. The monoisotopic (exact) mass is 535 g/mol. The molecule has 0 saturated carbocycles. The van der Waals surface area contributed by atoms with Gasteiger partial charge < -0.3 is 14.1 Å². The van der Waals surface area contributed by atoms with E-state index in [1.54, 1.807) is 12.1 Å². The van der Waals surface area contributed by atoms with Crippen LogP contribution in [0.2, 0.25) is 0 Å². The summed E-state index contributed by atoms with van der Waals surface area (Å²) in [6, 6.07) is 5.78. The Labute approximate surface area is 190 Å². The number of likely N-dealkylation sites (tertiary alicyclic amines) is 1. The third-order valence-electron chi connectivity index (χ3n) is 5.35. The zero-order chi connectivity index (χ0) is 21.6. The smallest absolute Gasteiger partial charge is 0.141 e. The standard InChI is InChI=1S/C15H27INO.C7H8O3S/c16-10-9-14-17(12-6-7-13-17)11-5-3-1-2-4-8-15-18;1-6-2-4-7(5-3-6)11(8,9)10/h18H,1-8,11-15H2;2-5H,1H3,(H,8,9,10)/q+1;/p-1. The highest BCUT2D eigenvalue weighted by Gasteiger charge is 2.30. The molecule has 1 fully saturated rings. The predicted octanol–water partition coefficient (Wildman–Crippen LogP) is 4.22. The first-order valence-corrected chi connectivity index (χ1v) is 12.9. The van der Waals surface area contributed by atoms with Crippen LogP contribution in [0.15, 0.2) is 29.2 Å². The van der Waals surface area contributed by atoms with Crippen LogP contribution in [0.4, 0.5) is 0 Å². The number of aliphatic hydroxyl groups excluding tert-OH is 1. The Morgan fingerprint density at radius 2 is 1.59 bits per heavy atom. The maximum atomic E-state index is 10.4. The first kappa shape index (κ1) is 26.4. The van der Waals surface area contributed by atoms with Crippen molar-refractivity contribution in [1.29, 1.82) is 0 Å². The van der Waals surface area contributed by atoms with Crippen LogP contribution >= 0.6 is 22.6 Å². The van der Waals surface area contributed by atoms with Crippen molar-refractivity contribution < 1.29 is 22.6 Å². The molecular weight excluding hydrogens is 501 g/mol. The van der Waals surface area contributed by atoms with Crippen molar-refractivity contribution in [1.82, 2.24) is 0 Å². The third-order valence-corrected chi connectivity index (χ3v) is 6.58. The van der Waals surface area contributed by atoms with Crippen LogP contribution in [-0.4, -0.2) is 55.3 Å². The van der Waals surface area contributed by atoms with Gasteiger partial charge in [0.25, 0.3) is 0 Å². The molecule has 1 aliphatic rings. The SMILES string of the molecule is Cc1ccc(S(=O)(=O)[O-])cc1.OCCCCCCCC[N+]1(CC#CI)CCCC1. The van der Waals surface area contributed by atoms with Crippen LogP contribution in [0.1, 0.15) is 56.9 Å². The van der Waals surface area contributed by atoms with E-state index in [1.807, 2.05) is 6.92 Å². The van der Waals surface area contributed by atoms with Crippen LogP contribution in [0.3, 0.4) is 0 Å². The second-order valence-corrected chi connectivity index (χ2v) is 9.68. The number of nitrogens with zero attached hydrogens (tertiary/aromatic N) is 1. The van der Waals surface area contributed by atoms with E-state index in [0.717, 1.165) is 18.5 Å². The van der Waals surface area contributed by atoms with Crippen LogP contribution < -0.4 is 0 Å². The highest BCUT2D eigenvalue weighted by molar-refractivity contribution is 14.1. The molecule has 0 radical (unpaired) electrons. The molecule has 0 aromatic heterocycles. The fourth-order valence-corrected chi connectivity index (χ4v) is 4.28. The molecule has 1 heterocycles. The number of hydrogen-bond donors (Lipinski definition) is 1. The molecule has 0 atom stereocenters. The number of rotatable bonds is 10. The summed E-state index contributed by atoms with van der Waals surface area (Å²) < 4.78 is 35.4. The Hall–Kier alpha value is -0.660. The zero-order valence-corrected chi connectivity index (χ0v) is 20.4. The molecule has 1 N–H and O–H groups in total. The number of aryl methyl sites for hydroxylation is 1. The number of hydrogen-bond acceptors (Lipinski definition) is 4. The van der Waals surface area contributed by atoms with Gasteiger partial charge in [-0.05, 0) is 48.2 Å². The lowest BCUT2D eigenvalue weighted by molar-refractivity contribution is -0.910. The summed E-state index contributed by atoms with van der Waals surface area (Å²) in [5.41, 5.74) is 0.928. The van der Waals surface area contributed by atoms with Gasteiger partial charge in [0.1, 0.15) is 16.7 Å². The molecule has 1 aliphatic heterocycles. The molecule has 0 bridgehead atoms. The summed E-state index contributed by atoms with van der Waals surface area (Å²) in [6.45, 7) is 7.25. The molecule has 1 aromatic rings. The fraction of sp³-hybridized carbons (Fsp3) is 0.636. The highest BCUT2D eigenvalue weighted by Crippen LogP contribution is 2.20. The Balaban J connectivity index is 0.000000326. The Morgan fingerprint density at radius 1 is 1.03 bits per heavy atom. The van der Waals surface area contributed by atoms with E-state index in [-0.39, 0.29) is 4.90 Å². The average molecular weight is 535 g/mol. The maximum absolute atomic E-state index is 10.4. The number of quaternary nitrogens is 1. The van der Waals surface area contributed by atoms with Gasteiger partial charge in [-0.1, -0.05) is 37.0 Å². The molecule has 29 heavy (non-hydrogen) atoms. The van der Waals surface area contributed by atoms with E-state index in [0.29, 0.717) is 6.61 Å². The average Bonchev–Trinajstić information content (AvgIpc) is 3.15. The van der Waals surface area contributed by atoms with Crippen molar-refractivity contribution in [2.75, 3.05) is 32.8 Å². The summed E-state index contributed by atoms with van der Waals surface area (Å²) in [5, 5.41) is 8.71. The zero-order valence-electron chi connectivity index (χ0n) is 17.4. The molecule has 164 valence electrons. The second kappa shape index (κ2) is 14.4. The molecule has 1 saturated heterocycles. The summed E-state index contributed by atoms with van der Waals surface area (Å²) in [5.74, 6) is 3.28. The quantitative estimate of drug-likeness (QED) is 0.160. The van der Waals surface area contributed by atoms with E-state index in [4.69, 9.17) is 5.11 Å². The number of benzene rings is 1. The van der Waals surface area contributed by atoms with Gasteiger partial charge in [-0.15, -0.1) is 0 Å². The van der Waals surface area contributed by atoms with Gasteiger partial charge in [0.2, 0.25) is 0 Å². The summed E-state index contributed by atoms with van der Waals surface area (Å²) in [6.07, 6.45) is 10.3. The van der Waals surface area contributed by atoms with Crippen molar-refractivity contribution >= 4 is 32.7 Å². The van der Waals surface area contributed by atoms with Gasteiger partial charge in [0, 0.05) is 42.0 Å². The normalized spacial score (nSPS) is 15.2. The van der Waals surface area contributed by atoms with Gasteiger partial charge in [0.15, 0.2) is 0 Å². The highest BCUT2D eigenvalue weighted by atomic mass is 127. The molecule has 0 amide bonds. The minimum absolute atomic E-state index is 0.178. The van der Waals surface area contributed by atoms with Crippen molar-refractivity contribution in [2.45, 2.75) is 63.2 Å². The second-order valence-electron chi connectivity index (χ2n) is 7.76. The largest absolute Gasteiger partial charge is 0.744 e. The number of unbranched alkanes of at least 4 members (excludes halogenated alkanes) is 5. The predicted molar refractivity (Wildman–Crippen MR) is 125 cm³/mol. The summed E-state index contributed by atoms with van der Waals surface area (Å²) in [4.78, 5) is -0.178. The minimum Gasteiger partial charge on any atom is -0.744 e. The van der Waals surface area contributed by atoms with Gasteiger partial charge in [-0.25, -0.2) is 8.42 Å². The fourth-order valence-electron chi connectivity index (χ4n) is 3.64. The third kappa shape index (κ3) is 11.3. The molecule has 0 aliphatic carbocycles. The van der Waals surface area contributed by atoms with E-state index >= 15 is 0 Å². The van der Waals surface area contributed by atoms with E-state index in [9.17, 15) is 13.0 Å². The molecule has 7 heteroatoms. The molecule has 0 spiro atoms. The van der Waals surface area contributed by atoms with Gasteiger partial charge in [-0.3, -0.25) is 0 Å². The minimum atomic E-state index is -4.27. The van der Waals surface area contributed by atoms with Gasteiger partial charge in [-0.2, -0.15) is 0 Å². The Kier molecular flexibility index (Phi) is 13.1. The number of aliphatic hydroxyl groups is 1. The van der Waals surface area contributed by atoms with Crippen molar-refractivity contribution in [3.8, 4) is 9.85 Å². The maximum Gasteiger partial charge on any atom is 0.141 e. The van der Waals surface area contributed by atoms with Crippen LogP contribution in [-0.2, 0) is 10.1 Å². The lowest BCUT2D eigenvalue weighted by atomic mass is 10.1. The van der Waals surface area contributed by atoms with Gasteiger partial charge >= 0.3 is 0 Å². The van der Waals surface area contributed by atoms with E-state index in [2.05, 4.69) is 32.4 Å². The first-order chi connectivity index (χ1) is 13.8. The van der Waals surface area contributed by atoms with Crippen LogP contribution in [0.25, 0.3) is 0 Å². The van der Waals surface area contributed by atoms with Crippen molar-refractivity contribution in [3.05, 3.63) is 29.8 Å². The van der Waals surface area contributed by atoms with E-state index < -0.39 is 10.1 Å². The van der Waals surface area contributed by atoms with E-state index in [1.165, 1.54) is 81.2 Å². The Morgan fingerprint density at radius 3 is 2.10 bits per heavy atom. The van der Waals surface area contributed by atoms with Crippen LogP contribution in [0, 0.1) is 16.8 Å². The summed E-state index contributed by atoms with van der Waals surface area (Å²) in [7, 11) is -4.27. The molecule has 5 nitrogen and oxygen atoms in total. The van der Waals surface area contributed by atoms with Gasteiger partial charge in [0.05, 0.1) is 24.5 Å². The first-order valence-electron chi connectivity index (χ1n) is 10.4. The molecular formula is C22H34INO4S. The molecule has 0 unspecified atom stereocenters. The topological polar surface area (TPSA) is 77.4 Å². The number of halogens is 1. The van der Waals surface area contributed by atoms with Crippen LogP contribution in [0.5, 0.6) is 0 Å².